The predicted octanol–water partition coefficient (Wildman–Crippen LogP) is 1.67. The number of anilines is 1. The van der Waals surface area contributed by atoms with E-state index in [-0.39, 0.29) is 5.54 Å². The summed E-state index contributed by atoms with van der Waals surface area (Å²) in [7, 11) is 2.04. The lowest BCUT2D eigenvalue weighted by Crippen LogP contribution is -2.50. The van der Waals surface area contributed by atoms with Gasteiger partial charge in [0.15, 0.2) is 0 Å². The van der Waals surface area contributed by atoms with E-state index in [4.69, 9.17) is 0 Å². The van der Waals surface area contributed by atoms with Crippen molar-refractivity contribution in [1.29, 1.82) is 0 Å². The molecule has 0 aromatic carbocycles. The van der Waals surface area contributed by atoms with Gasteiger partial charge in [-0.3, -0.25) is 0 Å². The summed E-state index contributed by atoms with van der Waals surface area (Å²) in [6.45, 7) is 8.40. The molecule has 2 heterocycles. The van der Waals surface area contributed by atoms with Crippen molar-refractivity contribution in [2.75, 3.05) is 25.0 Å². The molecule has 0 amide bonds. The van der Waals surface area contributed by atoms with E-state index in [1.165, 1.54) is 0 Å². The van der Waals surface area contributed by atoms with Gasteiger partial charge in [-0.2, -0.15) is 0 Å². The van der Waals surface area contributed by atoms with Gasteiger partial charge in [0.05, 0.1) is 0 Å². The van der Waals surface area contributed by atoms with Gasteiger partial charge in [0.1, 0.15) is 0 Å². The standard InChI is InChI=1S/C13H22N4/c1-10-9-11(2)16-12(15-10)17-7-5-13(3,14-4)6-8-17/h9,14H,5-8H2,1-4H3. The van der Waals surface area contributed by atoms with E-state index >= 15 is 0 Å². The molecule has 17 heavy (non-hydrogen) atoms. The van der Waals surface area contributed by atoms with Crippen LogP contribution in [0.5, 0.6) is 0 Å². The van der Waals surface area contributed by atoms with E-state index in [0.717, 1.165) is 43.3 Å². The zero-order valence-corrected chi connectivity index (χ0v) is 11.2. The average Bonchev–Trinajstić information content (AvgIpc) is 2.29. The quantitative estimate of drug-likeness (QED) is 0.845. The van der Waals surface area contributed by atoms with E-state index in [9.17, 15) is 0 Å². The van der Waals surface area contributed by atoms with Crippen molar-refractivity contribution in [2.45, 2.75) is 39.2 Å². The van der Waals surface area contributed by atoms with Crippen LogP contribution in [-0.4, -0.2) is 35.6 Å². The van der Waals surface area contributed by atoms with Gasteiger partial charge >= 0.3 is 0 Å². The molecule has 1 aromatic heterocycles. The maximum atomic E-state index is 4.53. The third kappa shape index (κ3) is 2.75. The Balaban J connectivity index is 2.10. The Morgan fingerprint density at radius 3 is 2.18 bits per heavy atom. The Hall–Kier alpha value is -1.16. The molecule has 1 aliphatic rings. The second-order valence-corrected chi connectivity index (χ2v) is 5.25. The lowest BCUT2D eigenvalue weighted by molar-refractivity contribution is 0.303. The Bertz CT molecular complexity index is 374. The molecule has 0 spiro atoms. The lowest BCUT2D eigenvalue weighted by Gasteiger charge is -2.39. The molecule has 94 valence electrons. The topological polar surface area (TPSA) is 41.0 Å². The van der Waals surface area contributed by atoms with E-state index in [1.807, 2.05) is 27.0 Å². The Kier molecular flexibility index (Phi) is 3.33. The normalized spacial score (nSPS) is 19.4. The number of nitrogens with zero attached hydrogens (tertiary/aromatic N) is 3. The number of hydrogen-bond donors (Lipinski definition) is 1. The summed E-state index contributed by atoms with van der Waals surface area (Å²) < 4.78 is 0. The van der Waals surface area contributed by atoms with Crippen LogP contribution in [0.4, 0.5) is 5.95 Å². The van der Waals surface area contributed by atoms with Gasteiger partial charge in [0.25, 0.3) is 0 Å². The molecular formula is C13H22N4. The molecule has 0 radical (unpaired) electrons. The van der Waals surface area contributed by atoms with Crippen LogP contribution in [0.15, 0.2) is 6.07 Å². The van der Waals surface area contributed by atoms with Crippen LogP contribution < -0.4 is 10.2 Å². The van der Waals surface area contributed by atoms with Crippen LogP contribution in [-0.2, 0) is 0 Å². The summed E-state index contributed by atoms with van der Waals surface area (Å²) in [5, 5.41) is 3.41. The molecule has 4 nitrogen and oxygen atoms in total. The summed E-state index contributed by atoms with van der Waals surface area (Å²) in [6.07, 6.45) is 2.28. The van der Waals surface area contributed by atoms with Crippen molar-refractivity contribution >= 4 is 5.95 Å². The van der Waals surface area contributed by atoms with Crippen LogP contribution in [0, 0.1) is 13.8 Å². The largest absolute Gasteiger partial charge is 0.341 e. The molecule has 1 N–H and O–H groups in total. The smallest absolute Gasteiger partial charge is 0.225 e. The molecule has 0 aliphatic carbocycles. The van der Waals surface area contributed by atoms with Gasteiger partial charge < -0.3 is 10.2 Å². The van der Waals surface area contributed by atoms with E-state index < -0.39 is 0 Å². The van der Waals surface area contributed by atoms with E-state index in [1.54, 1.807) is 0 Å². The second kappa shape index (κ2) is 4.61. The summed E-state index contributed by atoms with van der Waals surface area (Å²) in [5.74, 6) is 0.889. The minimum atomic E-state index is 0.273. The van der Waals surface area contributed by atoms with Gasteiger partial charge in [0, 0.05) is 30.0 Å². The van der Waals surface area contributed by atoms with Crippen LogP contribution in [0.25, 0.3) is 0 Å². The molecule has 1 aromatic rings. The highest BCUT2D eigenvalue weighted by Gasteiger charge is 2.29. The first kappa shape index (κ1) is 12.3. The first-order valence-corrected chi connectivity index (χ1v) is 6.28. The summed E-state index contributed by atoms with van der Waals surface area (Å²) >= 11 is 0. The molecule has 1 saturated heterocycles. The fraction of sp³-hybridized carbons (Fsp3) is 0.692. The molecule has 2 rings (SSSR count). The molecule has 1 aliphatic heterocycles. The van der Waals surface area contributed by atoms with Crippen LogP contribution in [0.3, 0.4) is 0 Å². The second-order valence-electron chi connectivity index (χ2n) is 5.25. The fourth-order valence-electron chi connectivity index (χ4n) is 2.30. The molecule has 1 fully saturated rings. The summed E-state index contributed by atoms with van der Waals surface area (Å²) in [4.78, 5) is 11.3. The highest BCUT2D eigenvalue weighted by atomic mass is 15.3. The van der Waals surface area contributed by atoms with Crippen molar-refractivity contribution in [2.24, 2.45) is 0 Å². The van der Waals surface area contributed by atoms with Crippen molar-refractivity contribution in [3.05, 3.63) is 17.5 Å². The highest BCUT2D eigenvalue weighted by molar-refractivity contribution is 5.33. The van der Waals surface area contributed by atoms with Gasteiger partial charge in [0.2, 0.25) is 5.95 Å². The third-order valence-corrected chi connectivity index (χ3v) is 3.72. The molecule has 0 saturated carbocycles. The van der Waals surface area contributed by atoms with Crippen molar-refractivity contribution in [3.8, 4) is 0 Å². The maximum absolute atomic E-state index is 4.53. The molecule has 0 atom stereocenters. The van der Waals surface area contributed by atoms with Crippen LogP contribution in [0.2, 0.25) is 0 Å². The van der Waals surface area contributed by atoms with E-state index in [0.29, 0.717) is 0 Å². The van der Waals surface area contributed by atoms with Crippen molar-refractivity contribution in [1.82, 2.24) is 15.3 Å². The number of hydrogen-bond acceptors (Lipinski definition) is 4. The molecule has 0 bridgehead atoms. The molecule has 4 heteroatoms. The number of nitrogens with one attached hydrogen (secondary N) is 1. The number of piperidine rings is 1. The average molecular weight is 234 g/mol. The van der Waals surface area contributed by atoms with Gasteiger partial charge in [-0.15, -0.1) is 0 Å². The Morgan fingerprint density at radius 2 is 1.71 bits per heavy atom. The number of rotatable bonds is 2. The predicted molar refractivity (Wildman–Crippen MR) is 70.4 cm³/mol. The third-order valence-electron chi connectivity index (χ3n) is 3.72. The minimum absolute atomic E-state index is 0.273. The van der Waals surface area contributed by atoms with E-state index in [2.05, 4.69) is 27.1 Å². The zero-order chi connectivity index (χ0) is 12.5. The lowest BCUT2D eigenvalue weighted by atomic mass is 9.90. The minimum Gasteiger partial charge on any atom is -0.341 e. The Labute approximate surface area is 103 Å². The number of aryl methyl sites for hydroxylation is 2. The van der Waals surface area contributed by atoms with Gasteiger partial charge in [-0.1, -0.05) is 0 Å². The summed E-state index contributed by atoms with van der Waals surface area (Å²) in [5.41, 5.74) is 2.37. The number of aromatic nitrogens is 2. The maximum Gasteiger partial charge on any atom is 0.225 e. The van der Waals surface area contributed by atoms with Gasteiger partial charge in [-0.05, 0) is 46.7 Å². The van der Waals surface area contributed by atoms with Gasteiger partial charge in [-0.25, -0.2) is 9.97 Å². The zero-order valence-electron chi connectivity index (χ0n) is 11.2. The first-order chi connectivity index (χ1) is 8.02. The van der Waals surface area contributed by atoms with Crippen LogP contribution in [0.1, 0.15) is 31.2 Å². The molecular weight excluding hydrogens is 212 g/mol. The van der Waals surface area contributed by atoms with Crippen molar-refractivity contribution in [3.63, 3.8) is 0 Å². The Morgan fingerprint density at radius 1 is 1.18 bits per heavy atom. The molecule has 0 unspecified atom stereocenters. The first-order valence-electron chi connectivity index (χ1n) is 6.28. The monoisotopic (exact) mass is 234 g/mol. The SMILES string of the molecule is CNC1(C)CCN(c2nc(C)cc(C)n2)CC1. The fourth-order valence-corrected chi connectivity index (χ4v) is 2.30. The highest BCUT2D eigenvalue weighted by Crippen LogP contribution is 2.23. The van der Waals surface area contributed by atoms with Crippen LogP contribution >= 0.6 is 0 Å². The van der Waals surface area contributed by atoms with Crippen molar-refractivity contribution < 1.29 is 0 Å². The summed E-state index contributed by atoms with van der Waals surface area (Å²) in [6, 6.07) is 2.02.